The molecule has 2 nitrogen and oxygen atoms in total. The number of hydrogen-bond acceptors (Lipinski definition) is 1. The summed E-state index contributed by atoms with van der Waals surface area (Å²) in [6.45, 7) is 9.69. The highest BCUT2D eigenvalue weighted by Crippen LogP contribution is 2.68. The molecule has 0 radical (unpaired) electrons. The summed E-state index contributed by atoms with van der Waals surface area (Å²) in [4.78, 5) is 11.6. The van der Waals surface area contributed by atoms with Gasteiger partial charge in [0.15, 0.2) is 0 Å². The van der Waals surface area contributed by atoms with Gasteiger partial charge in [0.25, 0.3) is 0 Å². The predicted molar refractivity (Wildman–Crippen MR) is 115 cm³/mol. The number of fused-ring (bicyclic) bond motifs is 5. The van der Waals surface area contributed by atoms with E-state index in [0.29, 0.717) is 16.7 Å². The smallest absolute Gasteiger partial charge is 0.306 e. The molecule has 1 N–H and O–H groups in total. The Labute approximate surface area is 173 Å². The topological polar surface area (TPSA) is 37.3 Å². The molecule has 28 heavy (non-hydrogen) atoms. The van der Waals surface area contributed by atoms with Crippen molar-refractivity contribution >= 4 is 5.97 Å². The van der Waals surface area contributed by atoms with Crippen LogP contribution in [0.1, 0.15) is 105 Å². The van der Waals surface area contributed by atoms with Gasteiger partial charge in [-0.1, -0.05) is 40.5 Å². The number of carbonyl (C=O) groups is 1. The highest BCUT2D eigenvalue weighted by atomic mass is 16.4. The van der Waals surface area contributed by atoms with Crippen molar-refractivity contribution in [2.75, 3.05) is 0 Å². The van der Waals surface area contributed by atoms with E-state index in [0.717, 1.165) is 42.4 Å². The van der Waals surface area contributed by atoms with Gasteiger partial charge in [0.2, 0.25) is 0 Å². The molecule has 0 aromatic rings. The van der Waals surface area contributed by atoms with Gasteiger partial charge in [-0.05, 0) is 111 Å². The lowest BCUT2D eigenvalue weighted by Gasteiger charge is -2.61. The standard InChI is InChI=1S/C26H44O2/c1-5-18(24(27)28)16-17(2)21-11-12-22-20-10-9-19-8-6-7-14-25(19,3)23(20)13-15-26(21,22)4/h17-23H,5-16H2,1-4H3,(H,27,28)/t17-,18?,19+,20+,21-,22+,23+,25+,26-/m1/s1. The number of rotatable bonds is 5. The lowest BCUT2D eigenvalue weighted by molar-refractivity contribution is -0.143. The van der Waals surface area contributed by atoms with Gasteiger partial charge in [-0.2, -0.15) is 0 Å². The van der Waals surface area contributed by atoms with Crippen LogP contribution < -0.4 is 0 Å². The van der Waals surface area contributed by atoms with Gasteiger partial charge in [-0.3, -0.25) is 4.79 Å². The Bertz CT molecular complexity index is 585. The molecule has 1 unspecified atom stereocenters. The average molecular weight is 389 g/mol. The van der Waals surface area contributed by atoms with Crippen LogP contribution in [0.25, 0.3) is 0 Å². The first kappa shape index (κ1) is 20.7. The van der Waals surface area contributed by atoms with Gasteiger partial charge in [0.05, 0.1) is 5.92 Å². The van der Waals surface area contributed by atoms with E-state index in [9.17, 15) is 9.90 Å². The summed E-state index contributed by atoms with van der Waals surface area (Å²) in [6, 6.07) is 0. The van der Waals surface area contributed by atoms with Crippen LogP contribution in [-0.4, -0.2) is 11.1 Å². The van der Waals surface area contributed by atoms with E-state index in [4.69, 9.17) is 0 Å². The van der Waals surface area contributed by atoms with Gasteiger partial charge >= 0.3 is 5.97 Å². The van der Waals surface area contributed by atoms with E-state index in [1.807, 2.05) is 6.92 Å². The molecule has 4 aliphatic carbocycles. The number of carboxylic acid groups (broad SMARTS) is 1. The van der Waals surface area contributed by atoms with Crippen LogP contribution in [0.4, 0.5) is 0 Å². The van der Waals surface area contributed by atoms with Crippen LogP contribution >= 0.6 is 0 Å². The molecule has 0 bridgehead atoms. The van der Waals surface area contributed by atoms with Crippen molar-refractivity contribution in [3.8, 4) is 0 Å². The van der Waals surface area contributed by atoms with E-state index in [1.165, 1.54) is 64.2 Å². The van der Waals surface area contributed by atoms with Crippen molar-refractivity contribution < 1.29 is 9.90 Å². The molecule has 0 amide bonds. The minimum Gasteiger partial charge on any atom is -0.481 e. The molecule has 4 fully saturated rings. The fraction of sp³-hybridized carbons (Fsp3) is 0.962. The third kappa shape index (κ3) is 3.16. The summed E-state index contributed by atoms with van der Waals surface area (Å²) in [6.07, 6.45) is 16.2. The second kappa shape index (κ2) is 7.62. The summed E-state index contributed by atoms with van der Waals surface area (Å²) in [5, 5.41) is 9.55. The molecule has 0 spiro atoms. The molecular weight excluding hydrogens is 344 g/mol. The summed E-state index contributed by atoms with van der Waals surface area (Å²) in [7, 11) is 0. The summed E-state index contributed by atoms with van der Waals surface area (Å²) in [5.74, 6) is 4.40. The Hall–Kier alpha value is -0.530. The SMILES string of the molecule is CCC(C[C@@H](C)[C@H]1CC[C@H]2[C@@H]3CC[C@@H]4CCCC[C@]4(C)[C@H]3CC[C@]12C)C(=O)O. The summed E-state index contributed by atoms with van der Waals surface area (Å²) < 4.78 is 0. The molecule has 4 saturated carbocycles. The maximum atomic E-state index is 11.6. The lowest BCUT2D eigenvalue weighted by atomic mass is 9.44. The fourth-order valence-electron chi connectivity index (χ4n) is 9.33. The molecule has 0 aliphatic heterocycles. The van der Waals surface area contributed by atoms with Crippen molar-refractivity contribution in [1.29, 1.82) is 0 Å². The van der Waals surface area contributed by atoms with Gasteiger partial charge in [0.1, 0.15) is 0 Å². The highest BCUT2D eigenvalue weighted by Gasteiger charge is 2.60. The minimum atomic E-state index is -0.582. The van der Waals surface area contributed by atoms with Crippen LogP contribution in [-0.2, 0) is 4.79 Å². The lowest BCUT2D eigenvalue weighted by Crippen LogP contribution is -2.53. The molecule has 0 aromatic carbocycles. The highest BCUT2D eigenvalue weighted by molar-refractivity contribution is 5.69. The molecule has 2 heteroatoms. The van der Waals surface area contributed by atoms with E-state index >= 15 is 0 Å². The molecule has 9 atom stereocenters. The Morgan fingerprint density at radius 3 is 2.43 bits per heavy atom. The van der Waals surface area contributed by atoms with Crippen molar-refractivity contribution in [3.05, 3.63) is 0 Å². The van der Waals surface area contributed by atoms with E-state index in [1.54, 1.807) is 0 Å². The van der Waals surface area contributed by atoms with Crippen LogP contribution in [0.15, 0.2) is 0 Å². The van der Waals surface area contributed by atoms with Gasteiger partial charge in [-0.25, -0.2) is 0 Å². The van der Waals surface area contributed by atoms with Crippen molar-refractivity contribution in [3.63, 3.8) is 0 Å². The molecule has 4 aliphatic rings. The predicted octanol–water partition coefficient (Wildman–Crippen LogP) is 7.17. The second-order valence-corrected chi connectivity index (χ2v) is 11.8. The zero-order chi connectivity index (χ0) is 20.1. The monoisotopic (exact) mass is 388 g/mol. The first-order valence-corrected chi connectivity index (χ1v) is 12.5. The summed E-state index contributed by atoms with van der Waals surface area (Å²) >= 11 is 0. The van der Waals surface area contributed by atoms with Crippen molar-refractivity contribution in [2.24, 2.45) is 52.3 Å². The van der Waals surface area contributed by atoms with E-state index in [-0.39, 0.29) is 5.92 Å². The van der Waals surface area contributed by atoms with Crippen LogP contribution in [0.2, 0.25) is 0 Å². The van der Waals surface area contributed by atoms with E-state index < -0.39 is 5.97 Å². The van der Waals surface area contributed by atoms with Gasteiger partial charge < -0.3 is 5.11 Å². The first-order valence-electron chi connectivity index (χ1n) is 12.5. The van der Waals surface area contributed by atoms with Crippen molar-refractivity contribution in [1.82, 2.24) is 0 Å². The molecule has 4 rings (SSSR count). The Kier molecular flexibility index (Phi) is 5.64. The number of aliphatic carboxylic acids is 1. The first-order chi connectivity index (χ1) is 13.3. The third-order valence-electron chi connectivity index (χ3n) is 10.8. The van der Waals surface area contributed by atoms with Crippen LogP contribution in [0.5, 0.6) is 0 Å². The third-order valence-corrected chi connectivity index (χ3v) is 10.8. The fourth-order valence-corrected chi connectivity index (χ4v) is 9.33. The Balaban J connectivity index is 1.51. The summed E-state index contributed by atoms with van der Waals surface area (Å²) in [5.41, 5.74) is 1.10. The normalized spacial score (nSPS) is 47.5. The van der Waals surface area contributed by atoms with Crippen LogP contribution in [0, 0.1) is 52.3 Å². The molecule has 0 aromatic heterocycles. The zero-order valence-corrected chi connectivity index (χ0v) is 18.9. The largest absolute Gasteiger partial charge is 0.481 e. The van der Waals surface area contributed by atoms with E-state index in [2.05, 4.69) is 20.8 Å². The minimum absolute atomic E-state index is 0.148. The van der Waals surface area contributed by atoms with Crippen LogP contribution in [0.3, 0.4) is 0 Å². The molecular formula is C26H44O2. The number of hydrogen-bond donors (Lipinski definition) is 1. The molecule has 160 valence electrons. The Morgan fingerprint density at radius 1 is 0.964 bits per heavy atom. The van der Waals surface area contributed by atoms with Crippen molar-refractivity contribution in [2.45, 2.75) is 105 Å². The molecule has 0 heterocycles. The quantitative estimate of drug-likeness (QED) is 0.542. The molecule has 0 saturated heterocycles. The Morgan fingerprint density at radius 2 is 1.71 bits per heavy atom. The van der Waals surface area contributed by atoms with Gasteiger partial charge in [-0.15, -0.1) is 0 Å². The zero-order valence-electron chi connectivity index (χ0n) is 18.9. The van der Waals surface area contributed by atoms with Gasteiger partial charge in [0, 0.05) is 0 Å². The maximum absolute atomic E-state index is 11.6. The average Bonchev–Trinajstić information content (AvgIpc) is 3.02. The maximum Gasteiger partial charge on any atom is 0.306 e. The number of carboxylic acids is 1. The second-order valence-electron chi connectivity index (χ2n) is 11.8.